The van der Waals surface area contributed by atoms with Gasteiger partial charge in [0, 0.05) is 54.7 Å². The molecule has 1 aliphatic heterocycles. The Kier molecular flexibility index (Phi) is 8.59. The zero-order chi connectivity index (χ0) is 38.7. The summed E-state index contributed by atoms with van der Waals surface area (Å²) in [4.78, 5) is 55.9. The molecule has 1 unspecified atom stereocenters. The maximum atomic E-state index is 17.6. The van der Waals surface area contributed by atoms with Crippen molar-refractivity contribution in [3.63, 3.8) is 0 Å². The fraction of sp³-hybridized carbons (Fsp3) is 0.610. The second-order valence-corrected chi connectivity index (χ2v) is 17.1. The highest BCUT2D eigenvalue weighted by molar-refractivity contribution is 6.01. The maximum Gasteiger partial charge on any atom is 0.344 e. The van der Waals surface area contributed by atoms with Gasteiger partial charge in [-0.2, -0.15) is 0 Å². The number of ketones is 2. The molecule has 0 bridgehead atoms. The fourth-order valence-electron chi connectivity index (χ4n) is 11.3. The first-order valence-corrected chi connectivity index (χ1v) is 19.2. The molecule has 1 aromatic heterocycles. The molecule has 1 aromatic carbocycles. The molecule has 3 N–H and O–H groups in total. The summed E-state index contributed by atoms with van der Waals surface area (Å²) < 4.78 is 46.6. The molecule has 0 spiro atoms. The number of aliphatic hydroxyl groups is 2. The van der Waals surface area contributed by atoms with Crippen LogP contribution in [0.1, 0.15) is 82.6 Å². The number of ether oxygens (including phenoxy) is 2. The molecule has 6 aliphatic rings. The van der Waals surface area contributed by atoms with E-state index in [9.17, 15) is 29.4 Å². The van der Waals surface area contributed by atoms with Gasteiger partial charge in [-0.1, -0.05) is 25.5 Å². The minimum absolute atomic E-state index is 0.0513. The molecule has 5 aliphatic carbocycles. The first kappa shape index (κ1) is 37.0. The van der Waals surface area contributed by atoms with Crippen LogP contribution in [0.5, 0.6) is 5.75 Å². The van der Waals surface area contributed by atoms with Gasteiger partial charge < -0.3 is 34.5 Å². The van der Waals surface area contributed by atoms with Crippen LogP contribution in [-0.4, -0.2) is 89.1 Å². The van der Waals surface area contributed by atoms with Crippen LogP contribution in [0.15, 0.2) is 40.9 Å². The van der Waals surface area contributed by atoms with E-state index in [0.717, 1.165) is 18.9 Å². The van der Waals surface area contributed by atoms with Gasteiger partial charge >= 0.3 is 5.97 Å². The molecule has 11 nitrogen and oxygen atoms in total. The van der Waals surface area contributed by atoms with Crippen LogP contribution in [-0.2, 0) is 14.3 Å². The fourth-order valence-corrected chi connectivity index (χ4v) is 11.3. The number of hydrogen-bond donors (Lipinski definition) is 3. The van der Waals surface area contributed by atoms with Crippen LogP contribution >= 0.6 is 0 Å². The third kappa shape index (κ3) is 4.99. The summed E-state index contributed by atoms with van der Waals surface area (Å²) in [5.74, 6) is -4.46. The average Bonchev–Trinajstić information content (AvgIpc) is 3.95. The molecule has 290 valence electrons. The van der Waals surface area contributed by atoms with Gasteiger partial charge in [0.25, 0.3) is 0 Å². The summed E-state index contributed by atoms with van der Waals surface area (Å²) in [5, 5.41) is 27.3. The molecule has 0 amide bonds. The number of carbonyl (C=O) groups is 3. The van der Waals surface area contributed by atoms with E-state index in [2.05, 4.69) is 5.32 Å². The van der Waals surface area contributed by atoms with Crippen LogP contribution in [0.3, 0.4) is 0 Å². The van der Waals surface area contributed by atoms with E-state index in [4.69, 9.17) is 9.47 Å². The van der Waals surface area contributed by atoms with E-state index in [1.807, 2.05) is 11.8 Å². The predicted octanol–water partition coefficient (Wildman–Crippen LogP) is 4.36. The lowest BCUT2D eigenvalue weighted by atomic mass is 9.44. The second kappa shape index (κ2) is 12.5. The van der Waals surface area contributed by atoms with Gasteiger partial charge in [0.15, 0.2) is 29.6 Å². The number of piperazine rings is 1. The second-order valence-electron chi connectivity index (χ2n) is 17.1. The molecule has 54 heavy (non-hydrogen) atoms. The lowest BCUT2D eigenvalue weighted by Crippen LogP contribution is -2.69. The number of carbonyl (C=O) groups excluding carboxylic acids is 3. The lowest BCUT2D eigenvalue weighted by molar-refractivity contribution is -0.219. The molecule has 4 saturated carbocycles. The highest BCUT2D eigenvalue weighted by Crippen LogP contribution is 2.70. The minimum Gasteiger partial charge on any atom is -0.492 e. The molecule has 8 rings (SSSR count). The van der Waals surface area contributed by atoms with E-state index in [1.54, 1.807) is 31.4 Å². The largest absolute Gasteiger partial charge is 0.492 e. The standard InChI is InChI=1S/C41H49F2N3O8/c1-21-14-29-28-9-6-23-15-25(47)10-11-38(23,3)40(28,43)31(48)17-39(29,4)41(21,52)32(49)20-54-37(51)27-19-46(24-7-8-24)33-26(35(27)50)16-30(42)34(36(33)53-5)45-13-12-44-22(2)18-45/h10-11,15-16,19,21-22,24,28-29,31,44,48,52H,6-9,12-14,17-18,20H2,1-5H3/t21-,22?,28-,29-,31-,38-,39-,40-,41-/m1/s1. The van der Waals surface area contributed by atoms with Crippen LogP contribution in [0, 0.1) is 34.4 Å². The van der Waals surface area contributed by atoms with Crippen molar-refractivity contribution < 1.29 is 42.9 Å². The number of esters is 1. The molecule has 2 heterocycles. The quantitative estimate of drug-likeness (QED) is 0.349. The summed E-state index contributed by atoms with van der Waals surface area (Å²) in [6, 6.07) is 1.18. The Labute approximate surface area is 312 Å². The molecule has 9 atom stereocenters. The van der Waals surface area contributed by atoms with Gasteiger partial charge in [0.05, 0.1) is 24.1 Å². The first-order chi connectivity index (χ1) is 25.5. The average molecular weight is 750 g/mol. The number of halogens is 2. The number of nitrogens with zero attached hydrogens (tertiary/aromatic N) is 2. The van der Waals surface area contributed by atoms with Crippen LogP contribution in [0.4, 0.5) is 14.5 Å². The van der Waals surface area contributed by atoms with Crippen molar-refractivity contribution in [1.29, 1.82) is 0 Å². The molecule has 5 fully saturated rings. The monoisotopic (exact) mass is 749 g/mol. The van der Waals surface area contributed by atoms with Crippen molar-refractivity contribution in [3.8, 4) is 5.75 Å². The van der Waals surface area contributed by atoms with E-state index in [0.29, 0.717) is 50.0 Å². The molecular formula is C41H49F2N3O8. The summed E-state index contributed by atoms with van der Waals surface area (Å²) in [6.07, 6.45) is 6.57. The number of alkyl halides is 1. The van der Waals surface area contributed by atoms with Gasteiger partial charge in [-0.25, -0.2) is 13.6 Å². The summed E-state index contributed by atoms with van der Waals surface area (Å²) >= 11 is 0. The molecular weight excluding hydrogens is 700 g/mol. The Morgan fingerprint density at radius 3 is 2.56 bits per heavy atom. The molecule has 0 radical (unpaired) electrons. The van der Waals surface area contributed by atoms with Crippen molar-refractivity contribution >= 4 is 34.1 Å². The third-order valence-electron chi connectivity index (χ3n) is 14.2. The number of hydrogen-bond acceptors (Lipinski definition) is 10. The smallest absolute Gasteiger partial charge is 0.344 e. The number of pyridine rings is 1. The number of nitrogens with one attached hydrogen (secondary N) is 1. The van der Waals surface area contributed by atoms with Crippen molar-refractivity contribution in [1.82, 2.24) is 9.88 Å². The van der Waals surface area contributed by atoms with Gasteiger partial charge in [-0.05, 0) is 82.4 Å². The zero-order valence-corrected chi connectivity index (χ0v) is 31.4. The topological polar surface area (TPSA) is 147 Å². The first-order valence-electron chi connectivity index (χ1n) is 19.2. The summed E-state index contributed by atoms with van der Waals surface area (Å²) in [5.41, 5.74) is -6.60. The Hall–Kier alpha value is -3.94. The third-order valence-corrected chi connectivity index (χ3v) is 14.2. The highest BCUT2D eigenvalue weighted by Gasteiger charge is 2.75. The highest BCUT2D eigenvalue weighted by atomic mass is 19.1. The number of anilines is 1. The summed E-state index contributed by atoms with van der Waals surface area (Å²) in [6.45, 7) is 7.96. The van der Waals surface area contributed by atoms with Gasteiger partial charge in [0.2, 0.25) is 11.2 Å². The van der Waals surface area contributed by atoms with Crippen molar-refractivity contribution in [3.05, 3.63) is 57.7 Å². The normalized spacial score (nSPS) is 37.4. The number of fused-ring (bicyclic) bond motifs is 6. The number of Topliss-reactive ketones (excluding diaryl/α,β-unsaturated/α-hetero) is 1. The number of rotatable bonds is 7. The van der Waals surface area contributed by atoms with Crippen LogP contribution in [0.2, 0.25) is 0 Å². The van der Waals surface area contributed by atoms with E-state index < -0.39 is 75.6 Å². The summed E-state index contributed by atoms with van der Waals surface area (Å²) in [7, 11) is 1.43. The Bertz CT molecular complexity index is 2100. The van der Waals surface area contributed by atoms with E-state index in [-0.39, 0.29) is 46.7 Å². The Balaban J connectivity index is 1.08. The van der Waals surface area contributed by atoms with E-state index >= 15 is 8.78 Å². The number of methoxy groups -OCH3 is 1. The Morgan fingerprint density at radius 1 is 1.13 bits per heavy atom. The van der Waals surface area contributed by atoms with Gasteiger partial charge in [-0.3, -0.25) is 14.4 Å². The molecule has 1 saturated heterocycles. The van der Waals surface area contributed by atoms with E-state index in [1.165, 1.54) is 25.5 Å². The molecule has 2 aromatic rings. The molecule has 13 heteroatoms. The van der Waals surface area contributed by atoms with Gasteiger partial charge in [-0.15, -0.1) is 0 Å². The number of aromatic nitrogens is 1. The van der Waals surface area contributed by atoms with Crippen LogP contribution in [0.25, 0.3) is 10.9 Å². The zero-order valence-electron chi connectivity index (χ0n) is 31.4. The Morgan fingerprint density at radius 2 is 1.87 bits per heavy atom. The van der Waals surface area contributed by atoms with Crippen molar-refractivity contribution in [2.75, 3.05) is 38.3 Å². The van der Waals surface area contributed by atoms with Crippen molar-refractivity contribution in [2.24, 2.45) is 28.6 Å². The predicted molar refractivity (Wildman–Crippen MR) is 196 cm³/mol. The number of benzene rings is 1. The van der Waals surface area contributed by atoms with Crippen molar-refractivity contribution in [2.45, 2.75) is 95.7 Å². The van der Waals surface area contributed by atoms with Crippen LogP contribution < -0.4 is 20.4 Å². The maximum absolute atomic E-state index is 17.6. The SMILES string of the molecule is COc1c(N2CCNC(C)C2)c(F)cc2c(=O)c(C(=O)OCC(=O)[C@]3(O)[C@H](C)C[C@@H]4[C@H]5CCC6=CC(=O)C=C[C@@]6(C)[C@]5(F)[C@H](O)C[C@]43C)cn(C3CC3)c12. The minimum atomic E-state index is -2.14. The number of aliphatic hydroxyl groups excluding tert-OH is 1. The number of allylic oxidation sites excluding steroid dienone is 4. The lowest BCUT2D eigenvalue weighted by Gasteiger charge is -2.62. The van der Waals surface area contributed by atoms with Gasteiger partial charge in [0.1, 0.15) is 16.9 Å².